The zero-order valence-electron chi connectivity index (χ0n) is 8.79. The molecule has 1 aliphatic rings. The summed E-state index contributed by atoms with van der Waals surface area (Å²) >= 11 is 0. The molecule has 14 heavy (non-hydrogen) atoms. The molecule has 1 N–H and O–H groups in total. The van der Waals surface area contributed by atoms with Gasteiger partial charge in [0.05, 0.1) is 0 Å². The van der Waals surface area contributed by atoms with Crippen molar-refractivity contribution in [3.63, 3.8) is 0 Å². The van der Waals surface area contributed by atoms with Crippen molar-refractivity contribution in [2.75, 3.05) is 13.1 Å². The van der Waals surface area contributed by atoms with Crippen LogP contribution in [0.3, 0.4) is 0 Å². The highest BCUT2D eigenvalue weighted by molar-refractivity contribution is 5.15. The second-order valence-electron chi connectivity index (χ2n) is 3.93. The molecule has 0 radical (unpaired) electrons. The molecule has 1 aromatic rings. The molecule has 1 aliphatic heterocycles. The highest BCUT2D eigenvalue weighted by Gasteiger charge is 2.15. The van der Waals surface area contributed by atoms with Crippen LogP contribution >= 0.6 is 0 Å². The van der Waals surface area contributed by atoms with Crippen LogP contribution in [0.2, 0.25) is 0 Å². The van der Waals surface area contributed by atoms with E-state index in [0.29, 0.717) is 5.92 Å². The zero-order valence-corrected chi connectivity index (χ0v) is 8.79. The largest absolute Gasteiger partial charge is 0.317 e. The average molecular weight is 190 g/mol. The van der Waals surface area contributed by atoms with E-state index in [0.717, 1.165) is 19.5 Å². The molecule has 0 unspecified atom stereocenters. The topological polar surface area (TPSA) is 24.9 Å². The van der Waals surface area contributed by atoms with Crippen molar-refractivity contribution in [1.29, 1.82) is 0 Å². The summed E-state index contributed by atoms with van der Waals surface area (Å²) in [5.41, 5.74) is 2.52. The third-order valence-electron chi connectivity index (χ3n) is 2.95. The first-order valence-electron chi connectivity index (χ1n) is 5.56. The molecule has 0 spiro atoms. The van der Waals surface area contributed by atoms with Crippen molar-refractivity contribution in [3.8, 4) is 0 Å². The van der Waals surface area contributed by atoms with E-state index in [1.54, 1.807) is 0 Å². The number of rotatable bonds is 2. The highest BCUT2D eigenvalue weighted by Crippen LogP contribution is 2.23. The van der Waals surface area contributed by atoms with E-state index >= 15 is 0 Å². The first-order valence-corrected chi connectivity index (χ1v) is 5.56. The van der Waals surface area contributed by atoms with Gasteiger partial charge in [0.2, 0.25) is 0 Å². The number of aryl methyl sites for hydroxylation is 1. The summed E-state index contributed by atoms with van der Waals surface area (Å²) < 4.78 is 0. The molecule has 2 nitrogen and oxygen atoms in total. The molecule has 1 saturated heterocycles. The van der Waals surface area contributed by atoms with E-state index in [2.05, 4.69) is 35.4 Å². The molecular weight excluding hydrogens is 172 g/mol. The van der Waals surface area contributed by atoms with Crippen molar-refractivity contribution >= 4 is 0 Å². The van der Waals surface area contributed by atoms with Gasteiger partial charge in [0.1, 0.15) is 0 Å². The summed E-state index contributed by atoms with van der Waals surface area (Å²) in [7, 11) is 0. The Morgan fingerprint density at radius 1 is 1.36 bits per heavy atom. The summed E-state index contributed by atoms with van der Waals surface area (Å²) in [4.78, 5) is 4.69. The molecular formula is C12H18N2. The van der Waals surface area contributed by atoms with Gasteiger partial charge >= 0.3 is 0 Å². The number of pyridine rings is 1. The monoisotopic (exact) mass is 190 g/mol. The fourth-order valence-electron chi connectivity index (χ4n) is 2.04. The summed E-state index contributed by atoms with van der Waals surface area (Å²) in [5.74, 6) is 0.683. The smallest absolute Gasteiger partial charge is 0.0438 e. The highest BCUT2D eigenvalue weighted by atomic mass is 14.9. The summed E-state index contributed by atoms with van der Waals surface area (Å²) in [6, 6.07) is 6.43. The van der Waals surface area contributed by atoms with Gasteiger partial charge in [0.25, 0.3) is 0 Å². The minimum atomic E-state index is 0.683. The van der Waals surface area contributed by atoms with E-state index in [1.165, 1.54) is 24.2 Å². The van der Waals surface area contributed by atoms with Crippen molar-refractivity contribution in [2.45, 2.75) is 32.1 Å². The van der Waals surface area contributed by atoms with Gasteiger partial charge in [0, 0.05) is 17.3 Å². The number of nitrogens with zero attached hydrogens (tertiary/aromatic N) is 1. The third-order valence-corrected chi connectivity index (χ3v) is 2.95. The molecule has 2 rings (SSSR count). The molecule has 2 heteroatoms. The Bertz CT molecular complexity index is 290. The fraction of sp³-hybridized carbons (Fsp3) is 0.583. The lowest BCUT2D eigenvalue weighted by atomic mass is 9.94. The van der Waals surface area contributed by atoms with Gasteiger partial charge in [0.15, 0.2) is 0 Å². The lowest BCUT2D eigenvalue weighted by Gasteiger charge is -2.22. The van der Waals surface area contributed by atoms with Crippen LogP contribution in [-0.2, 0) is 6.42 Å². The molecule has 1 aromatic heterocycles. The van der Waals surface area contributed by atoms with Crippen LogP contribution in [0.15, 0.2) is 18.2 Å². The quantitative estimate of drug-likeness (QED) is 0.772. The second kappa shape index (κ2) is 4.56. The van der Waals surface area contributed by atoms with E-state index in [4.69, 9.17) is 0 Å². The molecule has 0 aliphatic carbocycles. The van der Waals surface area contributed by atoms with Gasteiger partial charge in [-0.05, 0) is 44.5 Å². The summed E-state index contributed by atoms with van der Waals surface area (Å²) in [6.07, 6.45) is 3.51. The number of aromatic nitrogens is 1. The molecule has 0 aromatic carbocycles. The Labute approximate surface area is 85.7 Å². The predicted octanol–water partition coefficient (Wildman–Crippen LogP) is 2.11. The molecule has 76 valence electrons. The van der Waals surface area contributed by atoms with E-state index in [1.807, 2.05) is 0 Å². The molecule has 0 bridgehead atoms. The van der Waals surface area contributed by atoms with Gasteiger partial charge in [-0.2, -0.15) is 0 Å². The lowest BCUT2D eigenvalue weighted by molar-refractivity contribution is 0.452. The van der Waals surface area contributed by atoms with Crippen molar-refractivity contribution < 1.29 is 0 Å². The molecule has 0 saturated carbocycles. The minimum Gasteiger partial charge on any atom is -0.317 e. The lowest BCUT2D eigenvalue weighted by Crippen LogP contribution is -2.27. The standard InChI is InChI=1S/C12H18N2/c1-2-11-4-3-5-12(14-11)10-6-8-13-9-7-10/h3-5,10,13H,2,6-9H2,1H3. The van der Waals surface area contributed by atoms with Crippen molar-refractivity contribution in [3.05, 3.63) is 29.6 Å². The maximum absolute atomic E-state index is 4.69. The van der Waals surface area contributed by atoms with Gasteiger partial charge < -0.3 is 5.32 Å². The number of hydrogen-bond acceptors (Lipinski definition) is 2. The van der Waals surface area contributed by atoms with Crippen LogP contribution in [0.5, 0.6) is 0 Å². The number of hydrogen-bond donors (Lipinski definition) is 1. The van der Waals surface area contributed by atoms with Gasteiger partial charge in [-0.3, -0.25) is 4.98 Å². The van der Waals surface area contributed by atoms with Gasteiger partial charge in [-0.25, -0.2) is 0 Å². The van der Waals surface area contributed by atoms with Crippen LogP contribution < -0.4 is 5.32 Å². The maximum atomic E-state index is 4.69. The SMILES string of the molecule is CCc1cccc(C2CCNCC2)n1. The van der Waals surface area contributed by atoms with Crippen molar-refractivity contribution in [1.82, 2.24) is 10.3 Å². The second-order valence-corrected chi connectivity index (χ2v) is 3.93. The first-order chi connectivity index (χ1) is 6.90. The Morgan fingerprint density at radius 2 is 2.14 bits per heavy atom. The molecule has 1 fully saturated rings. The number of piperidine rings is 1. The fourth-order valence-corrected chi connectivity index (χ4v) is 2.04. The molecule has 2 heterocycles. The van der Waals surface area contributed by atoms with Crippen LogP contribution in [0.4, 0.5) is 0 Å². The Hall–Kier alpha value is -0.890. The van der Waals surface area contributed by atoms with Crippen LogP contribution in [0.25, 0.3) is 0 Å². The predicted molar refractivity (Wildman–Crippen MR) is 58.5 cm³/mol. The normalized spacial score (nSPS) is 18.4. The Morgan fingerprint density at radius 3 is 2.86 bits per heavy atom. The Kier molecular flexibility index (Phi) is 3.14. The average Bonchev–Trinajstić information content (AvgIpc) is 2.30. The van der Waals surface area contributed by atoms with Gasteiger partial charge in [-0.1, -0.05) is 13.0 Å². The van der Waals surface area contributed by atoms with E-state index in [-0.39, 0.29) is 0 Å². The van der Waals surface area contributed by atoms with Crippen LogP contribution in [0.1, 0.15) is 37.1 Å². The van der Waals surface area contributed by atoms with E-state index < -0.39 is 0 Å². The minimum absolute atomic E-state index is 0.683. The Balaban J connectivity index is 2.13. The molecule has 0 atom stereocenters. The summed E-state index contributed by atoms with van der Waals surface area (Å²) in [6.45, 7) is 4.44. The summed E-state index contributed by atoms with van der Waals surface area (Å²) in [5, 5.41) is 3.39. The third kappa shape index (κ3) is 2.13. The van der Waals surface area contributed by atoms with Crippen molar-refractivity contribution in [2.24, 2.45) is 0 Å². The van der Waals surface area contributed by atoms with Crippen LogP contribution in [-0.4, -0.2) is 18.1 Å². The van der Waals surface area contributed by atoms with Crippen LogP contribution in [0, 0.1) is 0 Å². The van der Waals surface area contributed by atoms with Gasteiger partial charge in [-0.15, -0.1) is 0 Å². The molecule has 0 amide bonds. The first kappa shape index (κ1) is 9.66. The zero-order chi connectivity index (χ0) is 9.80. The van der Waals surface area contributed by atoms with E-state index in [9.17, 15) is 0 Å². The number of nitrogens with one attached hydrogen (secondary N) is 1. The maximum Gasteiger partial charge on any atom is 0.0438 e.